The molecule has 4 nitrogen and oxygen atoms in total. The molecule has 0 spiro atoms. The normalized spacial score (nSPS) is 19.1. The van der Waals surface area contributed by atoms with Gasteiger partial charge in [0, 0.05) is 12.2 Å². The van der Waals surface area contributed by atoms with E-state index in [-0.39, 0.29) is 10.6 Å². The summed E-state index contributed by atoms with van der Waals surface area (Å²) in [6, 6.07) is 1.74. The third kappa shape index (κ3) is 3.38. The van der Waals surface area contributed by atoms with Crippen LogP contribution in [0.4, 0.5) is 5.82 Å². The topological polar surface area (TPSA) is 62.2 Å². The summed E-state index contributed by atoms with van der Waals surface area (Å²) in [6.07, 6.45) is 5.90. The Balaban J connectivity index is 2.08. The quantitative estimate of drug-likeness (QED) is 0.885. The summed E-state index contributed by atoms with van der Waals surface area (Å²) < 4.78 is 0. The first-order valence-corrected chi connectivity index (χ1v) is 6.91. The summed E-state index contributed by atoms with van der Waals surface area (Å²) in [5.74, 6) is -0.550. The van der Waals surface area contributed by atoms with Crippen molar-refractivity contribution in [3.8, 4) is 0 Å². The van der Waals surface area contributed by atoms with Gasteiger partial charge in [0.15, 0.2) is 0 Å². The van der Waals surface area contributed by atoms with Crippen LogP contribution >= 0.6 is 11.6 Å². The van der Waals surface area contributed by atoms with E-state index in [0.29, 0.717) is 17.3 Å². The van der Waals surface area contributed by atoms with Gasteiger partial charge < -0.3 is 10.4 Å². The number of carboxylic acid groups (broad SMARTS) is 1. The van der Waals surface area contributed by atoms with Crippen LogP contribution in [0.25, 0.3) is 0 Å². The minimum atomic E-state index is -1.03. The van der Waals surface area contributed by atoms with Gasteiger partial charge in [-0.05, 0) is 37.2 Å². The van der Waals surface area contributed by atoms with Gasteiger partial charge in [-0.25, -0.2) is 9.78 Å². The number of nitrogens with zero attached hydrogens (tertiary/aromatic N) is 1. The Morgan fingerprint density at radius 1 is 1.47 bits per heavy atom. The van der Waals surface area contributed by atoms with Crippen LogP contribution in [0.1, 0.15) is 49.9 Å². The van der Waals surface area contributed by atoms with E-state index in [0.717, 1.165) is 25.7 Å². The molecule has 19 heavy (non-hydrogen) atoms. The largest absolute Gasteiger partial charge is 0.478 e. The summed E-state index contributed by atoms with van der Waals surface area (Å²) in [7, 11) is 0. The van der Waals surface area contributed by atoms with Crippen molar-refractivity contribution in [3.63, 3.8) is 0 Å². The molecule has 1 saturated carbocycles. The van der Waals surface area contributed by atoms with Gasteiger partial charge in [-0.3, -0.25) is 0 Å². The van der Waals surface area contributed by atoms with E-state index in [1.807, 2.05) is 0 Å². The average Bonchev–Trinajstić information content (AvgIpc) is 2.34. The molecular formula is C14H19ClN2O2. The number of carbonyl (C=O) groups is 1. The van der Waals surface area contributed by atoms with Crippen LogP contribution in [-0.4, -0.2) is 22.1 Å². The van der Waals surface area contributed by atoms with E-state index in [1.54, 1.807) is 0 Å². The van der Waals surface area contributed by atoms with Gasteiger partial charge in [-0.2, -0.15) is 0 Å². The summed E-state index contributed by atoms with van der Waals surface area (Å²) in [5, 5.41) is 12.5. The number of rotatable bonds is 3. The second-order valence-corrected chi connectivity index (χ2v) is 6.29. The number of nitrogens with one attached hydrogen (secondary N) is 1. The molecule has 5 heteroatoms. The second kappa shape index (κ2) is 5.37. The molecule has 1 aromatic rings. The van der Waals surface area contributed by atoms with E-state index in [1.165, 1.54) is 12.3 Å². The van der Waals surface area contributed by atoms with Crippen LogP contribution in [0.3, 0.4) is 0 Å². The van der Waals surface area contributed by atoms with Crippen LogP contribution in [0.5, 0.6) is 0 Å². The predicted octanol–water partition coefficient (Wildman–Crippen LogP) is 3.81. The van der Waals surface area contributed by atoms with E-state index in [2.05, 4.69) is 24.1 Å². The van der Waals surface area contributed by atoms with Crippen molar-refractivity contribution in [2.75, 3.05) is 5.32 Å². The fourth-order valence-corrected chi connectivity index (χ4v) is 2.69. The van der Waals surface area contributed by atoms with E-state index in [9.17, 15) is 4.79 Å². The minimum Gasteiger partial charge on any atom is -0.478 e. The summed E-state index contributed by atoms with van der Waals surface area (Å²) >= 11 is 6.07. The SMILES string of the molecule is CC1(C)CCC(Nc2nccc(C(=O)O)c2Cl)CC1. The monoisotopic (exact) mass is 282 g/mol. The zero-order valence-electron chi connectivity index (χ0n) is 11.2. The molecule has 0 unspecified atom stereocenters. The van der Waals surface area contributed by atoms with E-state index < -0.39 is 5.97 Å². The molecule has 0 atom stereocenters. The Labute approximate surface area is 118 Å². The van der Waals surface area contributed by atoms with Gasteiger partial charge in [0.2, 0.25) is 0 Å². The fourth-order valence-electron chi connectivity index (χ4n) is 2.45. The maximum Gasteiger partial charge on any atom is 0.337 e. The molecule has 0 radical (unpaired) electrons. The maximum atomic E-state index is 11.0. The number of anilines is 1. The smallest absolute Gasteiger partial charge is 0.337 e. The molecule has 2 rings (SSSR count). The van der Waals surface area contributed by atoms with Crippen LogP contribution < -0.4 is 5.32 Å². The summed E-state index contributed by atoms with van der Waals surface area (Å²) in [6.45, 7) is 4.55. The highest BCUT2D eigenvalue weighted by atomic mass is 35.5. The van der Waals surface area contributed by atoms with Crippen molar-refractivity contribution in [3.05, 3.63) is 22.8 Å². The number of hydrogen-bond donors (Lipinski definition) is 2. The van der Waals surface area contributed by atoms with Crippen molar-refractivity contribution in [2.24, 2.45) is 5.41 Å². The van der Waals surface area contributed by atoms with Gasteiger partial charge in [0.1, 0.15) is 5.82 Å². The van der Waals surface area contributed by atoms with Gasteiger partial charge >= 0.3 is 5.97 Å². The number of carboxylic acids is 1. The molecule has 2 N–H and O–H groups in total. The molecule has 0 aliphatic heterocycles. The Bertz CT molecular complexity index is 478. The number of hydrogen-bond acceptors (Lipinski definition) is 3. The highest BCUT2D eigenvalue weighted by Gasteiger charge is 2.27. The maximum absolute atomic E-state index is 11.0. The highest BCUT2D eigenvalue weighted by Crippen LogP contribution is 2.36. The van der Waals surface area contributed by atoms with E-state index in [4.69, 9.17) is 16.7 Å². The third-order valence-electron chi connectivity index (χ3n) is 3.80. The lowest BCUT2D eigenvalue weighted by Gasteiger charge is -2.35. The zero-order chi connectivity index (χ0) is 14.0. The van der Waals surface area contributed by atoms with Gasteiger partial charge in [-0.1, -0.05) is 25.4 Å². The van der Waals surface area contributed by atoms with Crippen molar-refractivity contribution in [1.29, 1.82) is 0 Å². The number of aromatic nitrogens is 1. The van der Waals surface area contributed by atoms with Crippen molar-refractivity contribution in [2.45, 2.75) is 45.6 Å². The molecule has 0 amide bonds. The van der Waals surface area contributed by atoms with Crippen molar-refractivity contribution in [1.82, 2.24) is 4.98 Å². The standard InChI is InChI=1S/C14H19ClN2O2/c1-14(2)6-3-9(4-7-14)17-12-11(15)10(13(18)19)5-8-16-12/h5,8-9H,3-4,6-7H2,1-2H3,(H,16,17)(H,18,19). The Morgan fingerprint density at radius 3 is 2.68 bits per heavy atom. The van der Waals surface area contributed by atoms with E-state index >= 15 is 0 Å². The lowest BCUT2D eigenvalue weighted by molar-refractivity contribution is 0.0697. The summed E-state index contributed by atoms with van der Waals surface area (Å²) in [4.78, 5) is 15.2. The first-order valence-electron chi connectivity index (χ1n) is 6.53. The minimum absolute atomic E-state index is 0.0929. The average molecular weight is 283 g/mol. The summed E-state index contributed by atoms with van der Waals surface area (Å²) in [5.41, 5.74) is 0.494. The number of aromatic carboxylic acids is 1. The van der Waals surface area contributed by atoms with Crippen LogP contribution in [0, 0.1) is 5.41 Å². The molecule has 0 aromatic carbocycles. The number of halogens is 1. The van der Waals surface area contributed by atoms with Crippen molar-refractivity contribution >= 4 is 23.4 Å². The fraction of sp³-hybridized carbons (Fsp3) is 0.571. The molecular weight excluding hydrogens is 264 g/mol. The van der Waals surface area contributed by atoms with Crippen LogP contribution in [-0.2, 0) is 0 Å². The lowest BCUT2D eigenvalue weighted by atomic mass is 9.75. The predicted molar refractivity (Wildman–Crippen MR) is 75.9 cm³/mol. The highest BCUT2D eigenvalue weighted by molar-refractivity contribution is 6.35. The zero-order valence-corrected chi connectivity index (χ0v) is 12.0. The van der Waals surface area contributed by atoms with Gasteiger partial charge in [0.05, 0.1) is 10.6 Å². The second-order valence-electron chi connectivity index (χ2n) is 5.91. The van der Waals surface area contributed by atoms with Gasteiger partial charge in [0.25, 0.3) is 0 Å². The number of pyridine rings is 1. The Morgan fingerprint density at radius 2 is 2.11 bits per heavy atom. The molecule has 104 valence electrons. The Hall–Kier alpha value is -1.29. The molecule has 0 bridgehead atoms. The van der Waals surface area contributed by atoms with Gasteiger partial charge in [-0.15, -0.1) is 0 Å². The molecule has 1 aromatic heterocycles. The molecule has 1 fully saturated rings. The first-order chi connectivity index (χ1) is 8.89. The van der Waals surface area contributed by atoms with Crippen LogP contribution in [0.15, 0.2) is 12.3 Å². The first kappa shape index (κ1) is 14.1. The molecule has 1 aliphatic rings. The third-order valence-corrected chi connectivity index (χ3v) is 4.18. The van der Waals surface area contributed by atoms with Crippen LogP contribution in [0.2, 0.25) is 5.02 Å². The van der Waals surface area contributed by atoms with Crippen molar-refractivity contribution < 1.29 is 9.90 Å². The lowest BCUT2D eigenvalue weighted by Crippen LogP contribution is -2.30. The Kier molecular flexibility index (Phi) is 3.99. The molecule has 1 aliphatic carbocycles. The molecule has 0 saturated heterocycles. The molecule has 1 heterocycles.